The summed E-state index contributed by atoms with van der Waals surface area (Å²) in [6.07, 6.45) is 0.753. The fourth-order valence-electron chi connectivity index (χ4n) is 1.19. The monoisotopic (exact) mass is 238 g/mol. The van der Waals surface area contributed by atoms with Crippen LogP contribution in [-0.4, -0.2) is 33.1 Å². The molecule has 0 fully saturated rings. The van der Waals surface area contributed by atoms with Gasteiger partial charge >= 0.3 is 0 Å². The van der Waals surface area contributed by atoms with Crippen molar-refractivity contribution >= 4 is 17.7 Å². The van der Waals surface area contributed by atoms with Crippen LogP contribution in [0.15, 0.2) is 24.3 Å². The Morgan fingerprint density at radius 1 is 1.29 bits per heavy atom. The number of carbonyl (C=O) groups excluding carboxylic acids is 1. The number of rotatable bonds is 6. The lowest BCUT2D eigenvalue weighted by atomic mass is 10.2. The van der Waals surface area contributed by atoms with Crippen LogP contribution in [0.25, 0.3) is 0 Å². The minimum absolute atomic E-state index is 0.162. The van der Waals surface area contributed by atoms with Crippen molar-refractivity contribution in [3.63, 3.8) is 0 Å². The molecule has 0 spiro atoms. The van der Waals surface area contributed by atoms with Gasteiger partial charge in [0.05, 0.1) is 6.61 Å². The molecule has 2 N–H and O–H groups in total. The highest BCUT2D eigenvalue weighted by Gasteiger charge is 1.99. The molecular weight excluding hydrogens is 216 g/mol. The molecule has 0 aromatic heterocycles. The van der Waals surface area contributed by atoms with E-state index in [4.69, 9.17) is 10.5 Å². The third-order valence-electron chi connectivity index (χ3n) is 2.09. The molecule has 0 atom stereocenters. The summed E-state index contributed by atoms with van der Waals surface area (Å²) in [5.41, 5.74) is 7.42. The van der Waals surface area contributed by atoms with Gasteiger partial charge in [-0.2, -0.15) is 0 Å². The van der Waals surface area contributed by atoms with E-state index in [-0.39, 0.29) is 6.61 Å². The molecule has 0 aliphatic heterocycles. The highest BCUT2D eigenvalue weighted by molar-refractivity contribution is 5.52. The molecular formula is C13H22N2O2. The molecule has 1 aromatic rings. The smallest absolute Gasteiger partial charge is 0.145 e. The molecule has 0 amide bonds. The van der Waals surface area contributed by atoms with Crippen molar-refractivity contribution in [2.24, 2.45) is 0 Å². The predicted molar refractivity (Wildman–Crippen MR) is 72.4 cm³/mol. The highest BCUT2D eigenvalue weighted by Crippen LogP contribution is 2.14. The molecule has 4 heteroatoms. The molecule has 17 heavy (non-hydrogen) atoms. The fourth-order valence-corrected chi connectivity index (χ4v) is 1.19. The second-order valence-corrected chi connectivity index (χ2v) is 3.25. The average molecular weight is 238 g/mol. The normalized spacial score (nSPS) is 9.12. The lowest BCUT2D eigenvalue weighted by Gasteiger charge is -2.18. The number of aldehydes is 1. The number of nitrogens with zero attached hydrogens (tertiary/aromatic N) is 1. The Kier molecular flexibility index (Phi) is 8.78. The third kappa shape index (κ3) is 6.58. The summed E-state index contributed by atoms with van der Waals surface area (Å²) in [5, 5.41) is 0. The van der Waals surface area contributed by atoms with E-state index in [1.54, 1.807) is 0 Å². The first-order valence-electron chi connectivity index (χ1n) is 5.82. The summed E-state index contributed by atoms with van der Waals surface area (Å²) < 4.78 is 5.06. The molecule has 96 valence electrons. The second kappa shape index (κ2) is 9.66. The molecule has 0 saturated heterocycles. The van der Waals surface area contributed by atoms with Crippen molar-refractivity contribution in [2.75, 3.05) is 37.4 Å². The lowest BCUT2D eigenvalue weighted by Crippen LogP contribution is -2.22. The Bertz CT molecular complexity index is 299. The van der Waals surface area contributed by atoms with Crippen molar-refractivity contribution in [1.29, 1.82) is 0 Å². The van der Waals surface area contributed by atoms with Crippen molar-refractivity contribution in [3.05, 3.63) is 24.3 Å². The van der Waals surface area contributed by atoms with E-state index < -0.39 is 0 Å². The Morgan fingerprint density at radius 2 is 1.88 bits per heavy atom. The van der Waals surface area contributed by atoms with E-state index in [2.05, 4.69) is 0 Å². The van der Waals surface area contributed by atoms with E-state index in [1.807, 2.05) is 50.1 Å². The Hall–Kier alpha value is -1.55. The summed E-state index contributed by atoms with van der Waals surface area (Å²) in [6, 6.07) is 7.63. The van der Waals surface area contributed by atoms with Gasteiger partial charge in [0.15, 0.2) is 0 Å². The van der Waals surface area contributed by atoms with Crippen molar-refractivity contribution in [3.8, 4) is 0 Å². The maximum absolute atomic E-state index is 10.0. The first-order chi connectivity index (χ1) is 8.24. The Labute approximate surface area is 103 Å². The molecule has 0 unspecified atom stereocenters. The number of anilines is 2. The number of hydrogen-bond acceptors (Lipinski definition) is 4. The van der Waals surface area contributed by atoms with Gasteiger partial charge in [0, 0.05) is 25.0 Å². The first-order valence-corrected chi connectivity index (χ1v) is 5.82. The molecule has 1 aromatic carbocycles. The van der Waals surface area contributed by atoms with Crippen LogP contribution in [0.1, 0.15) is 13.8 Å². The van der Waals surface area contributed by atoms with Crippen LogP contribution in [0.5, 0.6) is 0 Å². The van der Waals surface area contributed by atoms with Crippen LogP contribution in [0.4, 0.5) is 11.4 Å². The van der Waals surface area contributed by atoms with Crippen LogP contribution < -0.4 is 10.6 Å². The highest BCUT2D eigenvalue weighted by atomic mass is 16.5. The molecule has 0 aliphatic rings. The maximum Gasteiger partial charge on any atom is 0.145 e. The molecule has 0 saturated carbocycles. The van der Waals surface area contributed by atoms with E-state index in [0.29, 0.717) is 6.61 Å². The largest absolute Gasteiger partial charge is 0.399 e. The Morgan fingerprint density at radius 3 is 2.41 bits per heavy atom. The lowest BCUT2D eigenvalue weighted by molar-refractivity contribution is -0.111. The van der Waals surface area contributed by atoms with Crippen LogP contribution in [0, 0.1) is 0 Å². The van der Waals surface area contributed by atoms with Gasteiger partial charge in [0.2, 0.25) is 0 Å². The number of likely N-dealkylation sites (N-methyl/N-ethyl adjacent to an activating group) is 1. The van der Waals surface area contributed by atoms with Crippen LogP contribution >= 0.6 is 0 Å². The fraction of sp³-hybridized carbons (Fsp3) is 0.462. The quantitative estimate of drug-likeness (QED) is 0.467. The van der Waals surface area contributed by atoms with E-state index in [0.717, 1.165) is 24.2 Å². The Balaban J connectivity index is 0.00000121. The molecule has 0 radical (unpaired) electrons. The van der Waals surface area contributed by atoms with E-state index >= 15 is 0 Å². The van der Waals surface area contributed by atoms with Gasteiger partial charge in [-0.3, -0.25) is 0 Å². The molecule has 0 bridgehead atoms. The van der Waals surface area contributed by atoms with Gasteiger partial charge in [0.1, 0.15) is 12.9 Å². The summed E-state index contributed by atoms with van der Waals surface area (Å²) in [4.78, 5) is 12.1. The minimum Gasteiger partial charge on any atom is -0.399 e. The average Bonchev–Trinajstić information content (AvgIpc) is 2.38. The number of benzene rings is 1. The van der Waals surface area contributed by atoms with Gasteiger partial charge in [0.25, 0.3) is 0 Å². The van der Waals surface area contributed by atoms with Crippen molar-refractivity contribution < 1.29 is 9.53 Å². The van der Waals surface area contributed by atoms with Gasteiger partial charge in [-0.25, -0.2) is 0 Å². The molecule has 4 nitrogen and oxygen atoms in total. The zero-order chi connectivity index (χ0) is 13.1. The third-order valence-corrected chi connectivity index (χ3v) is 2.09. The molecule has 0 aliphatic carbocycles. The van der Waals surface area contributed by atoms with Gasteiger partial charge < -0.3 is 20.2 Å². The van der Waals surface area contributed by atoms with Gasteiger partial charge in [-0.15, -0.1) is 0 Å². The summed E-state index contributed by atoms with van der Waals surface area (Å²) >= 11 is 0. The number of hydrogen-bond donors (Lipinski definition) is 1. The second-order valence-electron chi connectivity index (χ2n) is 3.25. The topological polar surface area (TPSA) is 55.6 Å². The zero-order valence-electron chi connectivity index (χ0n) is 10.8. The van der Waals surface area contributed by atoms with Crippen LogP contribution in [0.3, 0.4) is 0 Å². The van der Waals surface area contributed by atoms with Crippen LogP contribution in [-0.2, 0) is 9.53 Å². The summed E-state index contributed by atoms with van der Waals surface area (Å²) in [6.45, 7) is 5.45. The molecule has 0 heterocycles. The predicted octanol–water partition coefficient (Wildman–Crippen LogP) is 1.95. The summed E-state index contributed by atoms with van der Waals surface area (Å²) in [5.74, 6) is 0. The van der Waals surface area contributed by atoms with Crippen LogP contribution in [0.2, 0.25) is 0 Å². The van der Waals surface area contributed by atoms with Crippen molar-refractivity contribution in [1.82, 2.24) is 0 Å². The standard InChI is InChI=1S/C11H16N2O2.C2H6/c1-13(6-8-15-9-7-14)11-4-2-10(12)3-5-11;1-2/h2-5,7H,6,8-9,12H2,1H3;1-2H3. The van der Waals surface area contributed by atoms with Gasteiger partial charge in [-0.1, -0.05) is 13.8 Å². The van der Waals surface area contributed by atoms with Gasteiger partial charge in [-0.05, 0) is 24.3 Å². The number of nitrogen functional groups attached to an aromatic ring is 1. The zero-order valence-corrected chi connectivity index (χ0v) is 10.8. The maximum atomic E-state index is 10.0. The van der Waals surface area contributed by atoms with E-state index in [1.165, 1.54) is 0 Å². The number of nitrogens with two attached hydrogens (primary N) is 1. The van der Waals surface area contributed by atoms with Crippen molar-refractivity contribution in [2.45, 2.75) is 13.8 Å². The molecule has 1 rings (SSSR count). The first kappa shape index (κ1) is 15.4. The minimum atomic E-state index is 0.162. The number of ether oxygens (including phenoxy) is 1. The summed E-state index contributed by atoms with van der Waals surface area (Å²) in [7, 11) is 1.97. The SMILES string of the molecule is CC.CN(CCOCC=O)c1ccc(N)cc1. The van der Waals surface area contributed by atoms with E-state index in [9.17, 15) is 4.79 Å². The number of carbonyl (C=O) groups is 1.